The minimum Gasteiger partial charge on any atom is -0.497 e. The van der Waals surface area contributed by atoms with Gasteiger partial charge in [0.2, 0.25) is 0 Å². The molecular weight excluding hydrogens is 337 g/mol. The van der Waals surface area contributed by atoms with Crippen molar-refractivity contribution >= 4 is 39.9 Å². The molecule has 3 aromatic carbocycles. The van der Waals surface area contributed by atoms with Crippen molar-refractivity contribution in [3.63, 3.8) is 0 Å². The lowest BCUT2D eigenvalue weighted by atomic mass is 9.91. The van der Waals surface area contributed by atoms with E-state index in [0.717, 1.165) is 50.9 Å². The molecule has 4 nitrogen and oxygen atoms in total. The van der Waals surface area contributed by atoms with E-state index in [1.807, 2.05) is 78.1 Å². The average Bonchev–Trinajstić information content (AvgIpc) is 2.68. The molecule has 0 saturated heterocycles. The molecule has 0 unspecified atom stereocenters. The highest BCUT2D eigenvalue weighted by atomic mass is 16.5. The average molecular weight is 358 g/mol. The molecular formula is C20H21B3O4. The van der Waals surface area contributed by atoms with E-state index in [1.54, 1.807) is 14.2 Å². The molecule has 0 amide bonds. The van der Waals surface area contributed by atoms with Gasteiger partial charge in [-0.05, 0) is 52.8 Å². The summed E-state index contributed by atoms with van der Waals surface area (Å²) in [5.41, 5.74) is 2.82. The van der Waals surface area contributed by atoms with Gasteiger partial charge in [-0.15, -0.1) is 0 Å². The van der Waals surface area contributed by atoms with Crippen LogP contribution in [0.15, 0.2) is 54.6 Å². The molecule has 0 N–H and O–H groups in total. The van der Waals surface area contributed by atoms with Gasteiger partial charge in [0.05, 0.1) is 14.2 Å². The Morgan fingerprint density at radius 1 is 0.481 bits per heavy atom. The fourth-order valence-electron chi connectivity index (χ4n) is 2.90. The van der Waals surface area contributed by atoms with Crippen molar-refractivity contribution in [1.82, 2.24) is 0 Å². The van der Waals surface area contributed by atoms with Crippen LogP contribution in [-0.2, 0) is 0 Å². The number of rotatable bonds is 6. The molecule has 3 aromatic rings. The van der Waals surface area contributed by atoms with Crippen LogP contribution in [0.5, 0.6) is 34.5 Å². The fraction of sp³-hybridized carbons (Fsp3) is 0.100. The summed E-state index contributed by atoms with van der Waals surface area (Å²) in [5.74, 6) is 4.59. The van der Waals surface area contributed by atoms with Gasteiger partial charge in [0.1, 0.15) is 58.0 Å². The Hall–Kier alpha value is -2.95. The quantitative estimate of drug-likeness (QED) is 0.585. The second-order valence-corrected chi connectivity index (χ2v) is 6.25. The summed E-state index contributed by atoms with van der Waals surface area (Å²) < 4.78 is 23.1. The van der Waals surface area contributed by atoms with Crippen LogP contribution in [0, 0.1) is 0 Å². The van der Waals surface area contributed by atoms with Crippen LogP contribution >= 0.6 is 0 Å². The molecule has 0 fully saturated rings. The minimum atomic E-state index is 0.740. The van der Waals surface area contributed by atoms with Gasteiger partial charge in [-0.1, -0.05) is 18.2 Å². The number of benzene rings is 3. The molecule has 7 heteroatoms. The largest absolute Gasteiger partial charge is 0.497 e. The van der Waals surface area contributed by atoms with E-state index < -0.39 is 0 Å². The third-order valence-electron chi connectivity index (χ3n) is 4.58. The number of hydrogen-bond acceptors (Lipinski definition) is 4. The van der Waals surface area contributed by atoms with Crippen molar-refractivity contribution in [1.29, 1.82) is 0 Å². The SMILES string of the molecule is Bc1c(OC)cccc1Oc1cccc(Oc2cccc(OC)c2B)c1B. The molecule has 0 aliphatic heterocycles. The van der Waals surface area contributed by atoms with Gasteiger partial charge in [0, 0.05) is 0 Å². The first-order chi connectivity index (χ1) is 13.0. The lowest BCUT2D eigenvalue weighted by molar-refractivity contribution is 0.413. The predicted octanol–water partition coefficient (Wildman–Crippen LogP) is 0.0636. The van der Waals surface area contributed by atoms with Crippen LogP contribution in [0.2, 0.25) is 0 Å². The van der Waals surface area contributed by atoms with Gasteiger partial charge < -0.3 is 18.9 Å². The molecule has 134 valence electrons. The Bertz CT molecular complexity index is 886. The Kier molecular flexibility index (Phi) is 5.70. The predicted molar refractivity (Wildman–Crippen MR) is 117 cm³/mol. The number of hydrogen-bond donors (Lipinski definition) is 0. The lowest BCUT2D eigenvalue weighted by Crippen LogP contribution is -2.16. The highest BCUT2D eigenvalue weighted by Crippen LogP contribution is 2.26. The maximum Gasteiger partial charge on any atom is 0.149 e. The van der Waals surface area contributed by atoms with Crippen molar-refractivity contribution in [2.45, 2.75) is 0 Å². The van der Waals surface area contributed by atoms with Crippen LogP contribution in [0.3, 0.4) is 0 Å². The first kappa shape index (κ1) is 18.8. The smallest absolute Gasteiger partial charge is 0.149 e. The summed E-state index contributed by atoms with van der Waals surface area (Å²) in [5, 5.41) is 0. The van der Waals surface area contributed by atoms with Crippen molar-refractivity contribution in [2.24, 2.45) is 0 Å². The van der Waals surface area contributed by atoms with Crippen LogP contribution < -0.4 is 35.3 Å². The second kappa shape index (κ2) is 8.17. The van der Waals surface area contributed by atoms with E-state index in [0.29, 0.717) is 0 Å². The van der Waals surface area contributed by atoms with Gasteiger partial charge in [0.25, 0.3) is 0 Å². The van der Waals surface area contributed by atoms with E-state index in [2.05, 4.69) is 0 Å². The van der Waals surface area contributed by atoms with E-state index in [-0.39, 0.29) is 0 Å². The molecule has 0 saturated carbocycles. The minimum absolute atomic E-state index is 0.740. The highest BCUT2D eigenvalue weighted by Gasteiger charge is 2.12. The molecule has 0 atom stereocenters. The Morgan fingerprint density at radius 2 is 0.741 bits per heavy atom. The summed E-state index contributed by atoms with van der Waals surface area (Å²) in [6.45, 7) is 0. The molecule has 3 rings (SSSR count). The first-order valence-electron chi connectivity index (χ1n) is 8.77. The molecule has 0 bridgehead atoms. The van der Waals surface area contributed by atoms with Crippen LogP contribution in [0.25, 0.3) is 0 Å². The Labute approximate surface area is 162 Å². The molecule has 0 heterocycles. The summed E-state index contributed by atoms with van der Waals surface area (Å²) in [7, 11) is 9.24. The first-order valence-corrected chi connectivity index (χ1v) is 8.77. The van der Waals surface area contributed by atoms with Gasteiger partial charge in [-0.25, -0.2) is 0 Å². The zero-order valence-corrected chi connectivity index (χ0v) is 16.3. The zero-order chi connectivity index (χ0) is 19.4. The third kappa shape index (κ3) is 3.92. The zero-order valence-electron chi connectivity index (χ0n) is 16.3. The Balaban J connectivity index is 1.91. The molecule has 0 radical (unpaired) electrons. The van der Waals surface area contributed by atoms with Crippen molar-refractivity contribution in [2.75, 3.05) is 14.2 Å². The summed E-state index contributed by atoms with van der Waals surface area (Å²) >= 11 is 0. The normalized spacial score (nSPS) is 10.3. The Morgan fingerprint density at radius 3 is 1.04 bits per heavy atom. The third-order valence-corrected chi connectivity index (χ3v) is 4.58. The van der Waals surface area contributed by atoms with Crippen molar-refractivity contribution < 1.29 is 18.9 Å². The molecule has 0 aromatic heterocycles. The topological polar surface area (TPSA) is 36.9 Å². The van der Waals surface area contributed by atoms with Crippen molar-refractivity contribution in [3.05, 3.63) is 54.6 Å². The number of ether oxygens (including phenoxy) is 4. The monoisotopic (exact) mass is 358 g/mol. The molecule has 0 spiro atoms. The fourth-order valence-corrected chi connectivity index (χ4v) is 2.90. The van der Waals surface area contributed by atoms with Crippen molar-refractivity contribution in [3.8, 4) is 34.5 Å². The van der Waals surface area contributed by atoms with E-state index in [4.69, 9.17) is 18.9 Å². The van der Waals surface area contributed by atoms with E-state index >= 15 is 0 Å². The second-order valence-electron chi connectivity index (χ2n) is 6.25. The standard InChI is InChI=1S/C20H21B3O4/c1-24-12-6-3-8-14(18(12)21)26-16-10-5-11-17(20(16)23)27-15-9-4-7-13(25-2)19(15)22/h3-11H,21-23H2,1-2H3. The number of methoxy groups -OCH3 is 2. The van der Waals surface area contributed by atoms with E-state index in [1.165, 1.54) is 0 Å². The highest BCUT2D eigenvalue weighted by molar-refractivity contribution is 6.38. The van der Waals surface area contributed by atoms with Gasteiger partial charge in [0.15, 0.2) is 0 Å². The summed E-state index contributed by atoms with van der Waals surface area (Å²) in [6.07, 6.45) is 0. The molecule has 27 heavy (non-hydrogen) atoms. The molecule has 0 aliphatic rings. The maximum absolute atomic E-state index is 6.15. The molecule has 0 aliphatic carbocycles. The van der Waals surface area contributed by atoms with Gasteiger partial charge in [-0.3, -0.25) is 0 Å². The van der Waals surface area contributed by atoms with Crippen LogP contribution in [0.4, 0.5) is 0 Å². The van der Waals surface area contributed by atoms with Gasteiger partial charge in [-0.2, -0.15) is 0 Å². The summed E-state index contributed by atoms with van der Waals surface area (Å²) in [6, 6.07) is 17.3. The summed E-state index contributed by atoms with van der Waals surface area (Å²) in [4.78, 5) is 0. The maximum atomic E-state index is 6.15. The van der Waals surface area contributed by atoms with E-state index in [9.17, 15) is 0 Å². The van der Waals surface area contributed by atoms with Crippen LogP contribution in [0.1, 0.15) is 0 Å². The van der Waals surface area contributed by atoms with Gasteiger partial charge >= 0.3 is 0 Å². The van der Waals surface area contributed by atoms with Crippen LogP contribution in [-0.4, -0.2) is 37.8 Å². The lowest BCUT2D eigenvalue weighted by Gasteiger charge is -2.17.